The molecule has 1 saturated carbocycles. The first-order chi connectivity index (χ1) is 10.8. The summed E-state index contributed by atoms with van der Waals surface area (Å²) in [7, 11) is 0. The van der Waals surface area contributed by atoms with E-state index in [1.807, 2.05) is 35.2 Å². The topological polar surface area (TPSA) is 41.6 Å². The number of para-hydroxylation sites is 1. The van der Waals surface area contributed by atoms with Crippen LogP contribution in [0, 0.1) is 0 Å². The lowest BCUT2D eigenvalue weighted by Crippen LogP contribution is -2.49. The summed E-state index contributed by atoms with van der Waals surface area (Å²) in [6.45, 7) is 1.58. The van der Waals surface area contributed by atoms with Gasteiger partial charge in [0.25, 0.3) is 0 Å². The summed E-state index contributed by atoms with van der Waals surface area (Å²) in [4.78, 5) is 14.2. The van der Waals surface area contributed by atoms with E-state index in [9.17, 15) is 4.79 Å². The zero-order valence-electron chi connectivity index (χ0n) is 13.2. The van der Waals surface area contributed by atoms with Crippen molar-refractivity contribution < 1.29 is 9.53 Å². The number of hydrogen-bond acceptors (Lipinski definition) is 2. The molecule has 0 radical (unpaired) electrons. The minimum Gasteiger partial charge on any atom is -0.490 e. The van der Waals surface area contributed by atoms with Gasteiger partial charge >= 0.3 is 6.03 Å². The molecular formula is C18H26N2O2. The SMILES string of the molecule is O=C(NC1CCCCC1)N1CCC(Oc2ccccc2)CC1. The number of hydrogen-bond donors (Lipinski definition) is 1. The van der Waals surface area contributed by atoms with Crippen molar-refractivity contribution in [2.24, 2.45) is 0 Å². The van der Waals surface area contributed by atoms with E-state index < -0.39 is 0 Å². The maximum Gasteiger partial charge on any atom is 0.317 e. The Morgan fingerprint density at radius 1 is 1.00 bits per heavy atom. The van der Waals surface area contributed by atoms with Crippen molar-refractivity contribution >= 4 is 6.03 Å². The molecule has 3 rings (SSSR count). The normalized spacial score (nSPS) is 20.6. The number of likely N-dealkylation sites (tertiary alicyclic amines) is 1. The van der Waals surface area contributed by atoms with Gasteiger partial charge in [0, 0.05) is 32.0 Å². The molecule has 1 aromatic carbocycles. The van der Waals surface area contributed by atoms with Crippen molar-refractivity contribution in [1.29, 1.82) is 0 Å². The first-order valence-corrected chi connectivity index (χ1v) is 8.58. The highest BCUT2D eigenvalue weighted by molar-refractivity contribution is 5.74. The Kier molecular flexibility index (Phi) is 5.20. The summed E-state index contributed by atoms with van der Waals surface area (Å²) >= 11 is 0. The van der Waals surface area contributed by atoms with Crippen LogP contribution in [-0.4, -0.2) is 36.2 Å². The van der Waals surface area contributed by atoms with E-state index in [1.165, 1.54) is 19.3 Å². The van der Waals surface area contributed by atoms with Gasteiger partial charge in [-0.1, -0.05) is 37.5 Å². The molecule has 1 N–H and O–H groups in total. The summed E-state index contributed by atoms with van der Waals surface area (Å²) < 4.78 is 5.97. The van der Waals surface area contributed by atoms with Crippen molar-refractivity contribution in [2.75, 3.05) is 13.1 Å². The summed E-state index contributed by atoms with van der Waals surface area (Å²) in [6.07, 6.45) is 8.13. The molecule has 1 aliphatic carbocycles. The lowest BCUT2D eigenvalue weighted by Gasteiger charge is -2.34. The second-order valence-corrected chi connectivity index (χ2v) is 6.40. The smallest absolute Gasteiger partial charge is 0.317 e. The maximum absolute atomic E-state index is 12.3. The average Bonchev–Trinajstić information content (AvgIpc) is 2.57. The van der Waals surface area contributed by atoms with E-state index in [0.717, 1.165) is 44.5 Å². The number of urea groups is 1. The molecule has 2 fully saturated rings. The predicted octanol–water partition coefficient (Wildman–Crippen LogP) is 3.57. The Labute approximate surface area is 132 Å². The fourth-order valence-electron chi connectivity index (χ4n) is 3.38. The summed E-state index contributed by atoms with van der Waals surface area (Å²) in [5.41, 5.74) is 0. The van der Waals surface area contributed by atoms with Gasteiger partial charge in [-0.2, -0.15) is 0 Å². The van der Waals surface area contributed by atoms with Crippen LogP contribution >= 0.6 is 0 Å². The highest BCUT2D eigenvalue weighted by Crippen LogP contribution is 2.20. The fourth-order valence-corrected chi connectivity index (χ4v) is 3.38. The van der Waals surface area contributed by atoms with E-state index in [1.54, 1.807) is 0 Å². The molecule has 0 bridgehead atoms. The Hall–Kier alpha value is -1.71. The van der Waals surface area contributed by atoms with Crippen LogP contribution in [0.3, 0.4) is 0 Å². The van der Waals surface area contributed by atoms with Crippen LogP contribution in [0.4, 0.5) is 4.79 Å². The van der Waals surface area contributed by atoms with Crippen LogP contribution in [0.5, 0.6) is 5.75 Å². The molecule has 4 heteroatoms. The van der Waals surface area contributed by atoms with E-state index in [2.05, 4.69) is 5.32 Å². The zero-order chi connectivity index (χ0) is 15.2. The minimum absolute atomic E-state index is 0.116. The lowest BCUT2D eigenvalue weighted by molar-refractivity contribution is 0.109. The quantitative estimate of drug-likeness (QED) is 0.927. The van der Waals surface area contributed by atoms with Gasteiger partial charge in [0.2, 0.25) is 0 Å². The average molecular weight is 302 g/mol. The van der Waals surface area contributed by atoms with Gasteiger partial charge in [-0.3, -0.25) is 0 Å². The van der Waals surface area contributed by atoms with Gasteiger partial charge in [0.1, 0.15) is 11.9 Å². The summed E-state index contributed by atoms with van der Waals surface area (Å²) in [6, 6.07) is 10.4. The second-order valence-electron chi connectivity index (χ2n) is 6.40. The number of benzene rings is 1. The Morgan fingerprint density at radius 3 is 2.36 bits per heavy atom. The number of carbonyl (C=O) groups is 1. The molecule has 1 aromatic rings. The largest absolute Gasteiger partial charge is 0.490 e. The number of amides is 2. The fraction of sp³-hybridized carbons (Fsp3) is 0.611. The van der Waals surface area contributed by atoms with E-state index >= 15 is 0 Å². The van der Waals surface area contributed by atoms with Crippen molar-refractivity contribution in [3.8, 4) is 5.75 Å². The molecule has 0 unspecified atom stereocenters. The molecule has 4 nitrogen and oxygen atoms in total. The van der Waals surface area contributed by atoms with Crippen LogP contribution in [0.2, 0.25) is 0 Å². The van der Waals surface area contributed by atoms with Crippen molar-refractivity contribution in [1.82, 2.24) is 10.2 Å². The molecule has 2 aliphatic rings. The van der Waals surface area contributed by atoms with Gasteiger partial charge in [-0.25, -0.2) is 4.79 Å². The molecule has 22 heavy (non-hydrogen) atoms. The monoisotopic (exact) mass is 302 g/mol. The minimum atomic E-state index is 0.116. The molecule has 120 valence electrons. The number of piperidine rings is 1. The molecule has 0 atom stereocenters. The van der Waals surface area contributed by atoms with Crippen LogP contribution in [0.15, 0.2) is 30.3 Å². The third-order valence-corrected chi connectivity index (χ3v) is 4.71. The summed E-state index contributed by atoms with van der Waals surface area (Å²) in [5, 5.41) is 3.20. The molecular weight excluding hydrogens is 276 g/mol. The van der Waals surface area contributed by atoms with Gasteiger partial charge in [-0.15, -0.1) is 0 Å². The predicted molar refractivity (Wildman–Crippen MR) is 87.1 cm³/mol. The van der Waals surface area contributed by atoms with Crippen LogP contribution < -0.4 is 10.1 Å². The number of carbonyl (C=O) groups excluding carboxylic acids is 1. The van der Waals surface area contributed by atoms with Gasteiger partial charge < -0.3 is 15.0 Å². The van der Waals surface area contributed by atoms with Gasteiger partial charge in [0.05, 0.1) is 0 Å². The number of nitrogens with zero attached hydrogens (tertiary/aromatic N) is 1. The van der Waals surface area contributed by atoms with Gasteiger partial charge in [-0.05, 0) is 25.0 Å². The molecule has 1 saturated heterocycles. The second kappa shape index (κ2) is 7.52. The van der Waals surface area contributed by atoms with E-state index in [4.69, 9.17) is 4.74 Å². The molecule has 2 amide bonds. The highest BCUT2D eigenvalue weighted by atomic mass is 16.5. The molecule has 0 spiro atoms. The highest BCUT2D eigenvalue weighted by Gasteiger charge is 2.25. The zero-order valence-corrected chi connectivity index (χ0v) is 13.2. The van der Waals surface area contributed by atoms with Crippen LogP contribution in [-0.2, 0) is 0 Å². The van der Waals surface area contributed by atoms with Crippen LogP contribution in [0.25, 0.3) is 0 Å². The van der Waals surface area contributed by atoms with Crippen molar-refractivity contribution in [2.45, 2.75) is 57.1 Å². The third-order valence-electron chi connectivity index (χ3n) is 4.71. The first-order valence-electron chi connectivity index (χ1n) is 8.58. The maximum atomic E-state index is 12.3. The molecule has 1 heterocycles. The first kappa shape index (κ1) is 15.2. The molecule has 0 aromatic heterocycles. The summed E-state index contributed by atoms with van der Waals surface area (Å²) in [5.74, 6) is 0.924. The number of ether oxygens (including phenoxy) is 1. The van der Waals surface area contributed by atoms with Crippen LogP contribution in [0.1, 0.15) is 44.9 Å². The van der Waals surface area contributed by atoms with Crippen molar-refractivity contribution in [3.05, 3.63) is 30.3 Å². The number of nitrogens with one attached hydrogen (secondary N) is 1. The van der Waals surface area contributed by atoms with Gasteiger partial charge in [0.15, 0.2) is 0 Å². The lowest BCUT2D eigenvalue weighted by atomic mass is 9.96. The van der Waals surface area contributed by atoms with Crippen molar-refractivity contribution in [3.63, 3.8) is 0 Å². The Bertz CT molecular complexity index is 463. The van der Waals surface area contributed by atoms with E-state index in [-0.39, 0.29) is 12.1 Å². The Morgan fingerprint density at radius 2 is 1.68 bits per heavy atom. The van der Waals surface area contributed by atoms with E-state index in [0.29, 0.717) is 6.04 Å². The number of rotatable bonds is 3. The Balaban J connectivity index is 1.42. The standard InChI is InChI=1S/C18H26N2O2/c21-18(19-15-7-3-1-4-8-15)20-13-11-17(12-14-20)22-16-9-5-2-6-10-16/h2,5-6,9-10,15,17H,1,3-4,7-8,11-14H2,(H,19,21). The third kappa shape index (κ3) is 4.15. The molecule has 1 aliphatic heterocycles.